The van der Waals surface area contributed by atoms with E-state index in [1.165, 1.54) is 0 Å². The predicted molar refractivity (Wildman–Crippen MR) is 65.7 cm³/mol. The summed E-state index contributed by atoms with van der Waals surface area (Å²) >= 11 is 0. The summed E-state index contributed by atoms with van der Waals surface area (Å²) in [6, 6.07) is 8.44. The fourth-order valence-corrected chi connectivity index (χ4v) is 1.51. The number of rotatable bonds is 4. The number of hydrogen-bond donors (Lipinski definition) is 2. The second-order valence-electron chi connectivity index (χ2n) is 3.80. The summed E-state index contributed by atoms with van der Waals surface area (Å²) in [5.74, 6) is 0. The standard InChI is InChI=1S/C12H16N4/c1-10(8-13)15-11-3-2-4-12(7-11)16-6-5-14-9-16/h2-7,9-10,15H,8,13H2,1H3. The van der Waals surface area contributed by atoms with Crippen LogP contribution in [-0.4, -0.2) is 22.1 Å². The van der Waals surface area contributed by atoms with Crippen LogP contribution in [0.25, 0.3) is 5.69 Å². The minimum absolute atomic E-state index is 0.276. The first-order valence-electron chi connectivity index (χ1n) is 5.34. The average molecular weight is 216 g/mol. The fourth-order valence-electron chi connectivity index (χ4n) is 1.51. The molecular weight excluding hydrogens is 200 g/mol. The van der Waals surface area contributed by atoms with Crippen molar-refractivity contribution in [1.82, 2.24) is 9.55 Å². The zero-order valence-corrected chi connectivity index (χ0v) is 9.30. The molecule has 0 radical (unpaired) electrons. The first-order chi connectivity index (χ1) is 7.79. The van der Waals surface area contributed by atoms with Gasteiger partial charge in [-0.15, -0.1) is 0 Å². The van der Waals surface area contributed by atoms with E-state index in [4.69, 9.17) is 5.73 Å². The number of benzene rings is 1. The highest BCUT2D eigenvalue weighted by atomic mass is 15.0. The van der Waals surface area contributed by atoms with E-state index in [0.29, 0.717) is 6.54 Å². The van der Waals surface area contributed by atoms with Gasteiger partial charge in [0.05, 0.1) is 6.33 Å². The number of nitrogens with one attached hydrogen (secondary N) is 1. The molecule has 0 fully saturated rings. The Kier molecular flexibility index (Phi) is 3.22. The van der Waals surface area contributed by atoms with Gasteiger partial charge in [0, 0.05) is 36.4 Å². The maximum Gasteiger partial charge on any atom is 0.0991 e. The van der Waals surface area contributed by atoms with Crippen molar-refractivity contribution < 1.29 is 0 Å². The van der Waals surface area contributed by atoms with Gasteiger partial charge in [0.15, 0.2) is 0 Å². The third kappa shape index (κ3) is 2.41. The molecule has 1 heterocycles. The molecule has 2 rings (SSSR count). The van der Waals surface area contributed by atoms with Gasteiger partial charge in [0.2, 0.25) is 0 Å². The largest absolute Gasteiger partial charge is 0.381 e. The Bertz CT molecular complexity index is 436. The van der Waals surface area contributed by atoms with Crippen LogP contribution in [-0.2, 0) is 0 Å². The molecule has 0 aliphatic carbocycles. The van der Waals surface area contributed by atoms with Gasteiger partial charge in [-0.05, 0) is 25.1 Å². The second-order valence-corrected chi connectivity index (χ2v) is 3.80. The molecule has 0 aliphatic rings. The fraction of sp³-hybridized carbons (Fsp3) is 0.250. The second kappa shape index (κ2) is 4.81. The van der Waals surface area contributed by atoms with Crippen LogP contribution in [0.5, 0.6) is 0 Å². The van der Waals surface area contributed by atoms with E-state index in [1.807, 2.05) is 29.0 Å². The zero-order valence-electron chi connectivity index (χ0n) is 9.30. The topological polar surface area (TPSA) is 55.9 Å². The van der Waals surface area contributed by atoms with Crippen LogP contribution in [0.4, 0.5) is 5.69 Å². The molecule has 1 aromatic carbocycles. The van der Waals surface area contributed by atoms with E-state index in [9.17, 15) is 0 Å². The lowest BCUT2D eigenvalue weighted by molar-refractivity contribution is 0.804. The van der Waals surface area contributed by atoms with Crippen LogP contribution in [0.3, 0.4) is 0 Å². The van der Waals surface area contributed by atoms with Crippen molar-refractivity contribution in [2.75, 3.05) is 11.9 Å². The van der Waals surface area contributed by atoms with Gasteiger partial charge >= 0.3 is 0 Å². The van der Waals surface area contributed by atoms with Crippen molar-refractivity contribution in [2.45, 2.75) is 13.0 Å². The lowest BCUT2D eigenvalue weighted by Crippen LogP contribution is -2.25. The quantitative estimate of drug-likeness (QED) is 0.816. The molecule has 0 amide bonds. The van der Waals surface area contributed by atoms with Gasteiger partial charge in [0.1, 0.15) is 0 Å². The average Bonchev–Trinajstić information content (AvgIpc) is 2.83. The highest BCUT2D eigenvalue weighted by Crippen LogP contribution is 2.14. The Morgan fingerprint density at radius 1 is 1.50 bits per heavy atom. The number of nitrogens with zero attached hydrogens (tertiary/aromatic N) is 2. The summed E-state index contributed by atoms with van der Waals surface area (Å²) in [4.78, 5) is 4.03. The molecule has 1 aromatic heterocycles. The van der Waals surface area contributed by atoms with Gasteiger partial charge in [-0.25, -0.2) is 4.98 Å². The minimum Gasteiger partial charge on any atom is -0.381 e. The SMILES string of the molecule is CC(CN)Nc1cccc(-n2ccnc2)c1. The van der Waals surface area contributed by atoms with Crippen molar-refractivity contribution in [1.29, 1.82) is 0 Å². The van der Waals surface area contributed by atoms with Crippen LogP contribution in [0.2, 0.25) is 0 Å². The molecule has 4 nitrogen and oxygen atoms in total. The number of imidazole rings is 1. The van der Waals surface area contributed by atoms with Crippen LogP contribution in [0, 0.1) is 0 Å². The number of aromatic nitrogens is 2. The molecule has 2 aromatic rings. The Morgan fingerprint density at radius 3 is 3.06 bits per heavy atom. The maximum absolute atomic E-state index is 5.57. The summed E-state index contributed by atoms with van der Waals surface area (Å²) < 4.78 is 1.97. The Balaban J connectivity index is 2.20. The maximum atomic E-state index is 5.57. The van der Waals surface area contributed by atoms with Crippen molar-refractivity contribution in [3.63, 3.8) is 0 Å². The lowest BCUT2D eigenvalue weighted by atomic mass is 10.2. The summed E-state index contributed by atoms with van der Waals surface area (Å²) in [6.45, 7) is 2.68. The van der Waals surface area contributed by atoms with E-state index in [1.54, 1.807) is 12.5 Å². The van der Waals surface area contributed by atoms with Crippen LogP contribution >= 0.6 is 0 Å². The highest BCUT2D eigenvalue weighted by Gasteiger charge is 2.00. The van der Waals surface area contributed by atoms with Crippen molar-refractivity contribution in [2.24, 2.45) is 5.73 Å². The molecule has 0 spiro atoms. The van der Waals surface area contributed by atoms with Gasteiger partial charge in [-0.2, -0.15) is 0 Å². The van der Waals surface area contributed by atoms with E-state index in [0.717, 1.165) is 11.4 Å². The Hall–Kier alpha value is -1.81. The third-order valence-electron chi connectivity index (χ3n) is 2.42. The summed E-state index contributed by atoms with van der Waals surface area (Å²) in [6.07, 6.45) is 5.47. The number of anilines is 1. The van der Waals surface area contributed by atoms with E-state index in [-0.39, 0.29) is 6.04 Å². The molecule has 0 aliphatic heterocycles. The summed E-state index contributed by atoms with van der Waals surface area (Å²) in [7, 11) is 0. The molecule has 1 atom stereocenters. The Labute approximate surface area is 95.1 Å². The van der Waals surface area contributed by atoms with Gasteiger partial charge in [-0.3, -0.25) is 0 Å². The van der Waals surface area contributed by atoms with Gasteiger partial charge in [0.25, 0.3) is 0 Å². The van der Waals surface area contributed by atoms with E-state index >= 15 is 0 Å². The smallest absolute Gasteiger partial charge is 0.0991 e. The van der Waals surface area contributed by atoms with Crippen LogP contribution < -0.4 is 11.1 Å². The molecule has 0 saturated heterocycles. The summed E-state index contributed by atoms with van der Waals surface area (Å²) in [5, 5.41) is 3.34. The van der Waals surface area contributed by atoms with Gasteiger partial charge < -0.3 is 15.6 Å². The molecule has 1 unspecified atom stereocenters. The van der Waals surface area contributed by atoms with Crippen molar-refractivity contribution >= 4 is 5.69 Å². The number of nitrogens with two attached hydrogens (primary N) is 1. The number of hydrogen-bond acceptors (Lipinski definition) is 3. The third-order valence-corrected chi connectivity index (χ3v) is 2.42. The monoisotopic (exact) mass is 216 g/mol. The van der Waals surface area contributed by atoms with Crippen LogP contribution in [0.15, 0.2) is 43.0 Å². The molecule has 0 bridgehead atoms. The lowest BCUT2D eigenvalue weighted by Gasteiger charge is -2.13. The normalized spacial score (nSPS) is 12.4. The zero-order chi connectivity index (χ0) is 11.4. The molecule has 0 saturated carbocycles. The minimum atomic E-state index is 0.276. The van der Waals surface area contributed by atoms with Crippen molar-refractivity contribution in [3.8, 4) is 5.69 Å². The van der Waals surface area contributed by atoms with Crippen molar-refractivity contribution in [3.05, 3.63) is 43.0 Å². The van der Waals surface area contributed by atoms with Gasteiger partial charge in [-0.1, -0.05) is 6.07 Å². The van der Waals surface area contributed by atoms with Crippen LogP contribution in [0.1, 0.15) is 6.92 Å². The predicted octanol–water partition coefficient (Wildman–Crippen LogP) is 1.63. The first kappa shape index (κ1) is 10.7. The van der Waals surface area contributed by atoms with E-state index < -0.39 is 0 Å². The molecule has 3 N–H and O–H groups in total. The highest BCUT2D eigenvalue weighted by molar-refractivity contribution is 5.51. The summed E-state index contributed by atoms with van der Waals surface area (Å²) in [5.41, 5.74) is 7.74. The molecule has 16 heavy (non-hydrogen) atoms. The molecule has 4 heteroatoms. The first-order valence-corrected chi connectivity index (χ1v) is 5.34. The Morgan fingerprint density at radius 2 is 2.38 bits per heavy atom. The molecular formula is C12H16N4. The van der Waals surface area contributed by atoms with E-state index in [2.05, 4.69) is 23.3 Å². The molecule has 84 valence electrons.